The van der Waals surface area contributed by atoms with Gasteiger partial charge in [0.05, 0.1) is 11.1 Å². The highest BCUT2D eigenvalue weighted by atomic mass is 32.2. The van der Waals surface area contributed by atoms with Gasteiger partial charge in [0.15, 0.2) is 10.3 Å². The monoisotopic (exact) mass is 400 g/mol. The zero-order valence-electron chi connectivity index (χ0n) is 14.2. The van der Waals surface area contributed by atoms with Gasteiger partial charge in [0, 0.05) is 23.9 Å². The molecule has 4 aromatic rings. The molecule has 0 spiro atoms. The van der Waals surface area contributed by atoms with E-state index in [1.807, 2.05) is 35.0 Å². The smallest absolute Gasteiger partial charge is 0.262 e. The van der Waals surface area contributed by atoms with Gasteiger partial charge in [-0.1, -0.05) is 30.0 Å². The van der Waals surface area contributed by atoms with Crippen LogP contribution in [0.3, 0.4) is 0 Å². The Balaban J connectivity index is 1.49. The van der Waals surface area contributed by atoms with Crippen LogP contribution in [-0.4, -0.2) is 14.5 Å². The van der Waals surface area contributed by atoms with Gasteiger partial charge >= 0.3 is 0 Å². The van der Waals surface area contributed by atoms with Crippen LogP contribution >= 0.6 is 34.4 Å². The number of hydrogen-bond acceptors (Lipinski definition) is 7. The maximum atomic E-state index is 12.4. The predicted molar refractivity (Wildman–Crippen MR) is 111 cm³/mol. The van der Waals surface area contributed by atoms with Crippen molar-refractivity contribution in [1.29, 1.82) is 0 Å². The van der Waals surface area contributed by atoms with Crippen molar-refractivity contribution < 1.29 is 0 Å². The molecule has 1 N–H and O–H groups in total. The quantitative estimate of drug-likeness (QED) is 0.385. The molecule has 5 nitrogen and oxygen atoms in total. The first kappa shape index (κ1) is 17.3. The summed E-state index contributed by atoms with van der Waals surface area (Å²) < 4.78 is 1.61. The number of anilines is 2. The first-order chi connectivity index (χ1) is 12.6. The molecule has 8 heteroatoms. The summed E-state index contributed by atoms with van der Waals surface area (Å²) in [6, 6.07) is 9.97. The fourth-order valence-corrected chi connectivity index (χ4v) is 5.00. The molecule has 0 aliphatic carbocycles. The Hall–Kier alpha value is -2.16. The molecule has 132 valence electrons. The topological polar surface area (TPSA) is 59.8 Å². The molecule has 26 heavy (non-hydrogen) atoms. The lowest BCUT2D eigenvalue weighted by molar-refractivity contribution is 0.728. The van der Waals surface area contributed by atoms with Gasteiger partial charge < -0.3 is 5.32 Å². The second kappa shape index (κ2) is 7.22. The highest BCUT2D eigenvalue weighted by Gasteiger charge is 2.11. The molecule has 0 bridgehead atoms. The molecule has 4 rings (SSSR count). The zero-order valence-corrected chi connectivity index (χ0v) is 16.7. The van der Waals surface area contributed by atoms with Crippen molar-refractivity contribution in [2.45, 2.75) is 17.8 Å². The predicted octanol–water partition coefficient (Wildman–Crippen LogP) is 4.80. The van der Waals surface area contributed by atoms with Crippen molar-refractivity contribution in [3.05, 3.63) is 62.7 Å². The molecule has 0 atom stereocenters. The number of thioether (sulfide) groups is 1. The van der Waals surface area contributed by atoms with E-state index in [0.717, 1.165) is 21.3 Å². The second-order valence-electron chi connectivity index (χ2n) is 5.77. The fraction of sp³-hybridized carbons (Fsp3) is 0.167. The second-order valence-corrected chi connectivity index (χ2v) is 8.47. The minimum Gasteiger partial charge on any atom is -0.331 e. The van der Waals surface area contributed by atoms with Crippen LogP contribution in [-0.2, 0) is 12.8 Å². The Kier molecular flexibility index (Phi) is 4.80. The Morgan fingerprint density at radius 1 is 1.19 bits per heavy atom. The lowest BCUT2D eigenvalue weighted by atomic mass is 10.2. The molecule has 0 unspecified atom stereocenters. The maximum absolute atomic E-state index is 12.4. The SMILES string of the molecule is Cc1ccccc1Nc1nc(CSc2nc3sccc3c(=O)n2C)cs1. The average Bonchev–Trinajstić information content (AvgIpc) is 3.28. The minimum absolute atomic E-state index is 0.000985. The number of fused-ring (bicyclic) bond motifs is 1. The van der Waals surface area contributed by atoms with Crippen molar-refractivity contribution in [2.24, 2.45) is 7.05 Å². The molecule has 0 radical (unpaired) electrons. The standard InChI is InChI=1S/C18H16N4OS3/c1-11-5-3-4-6-14(11)20-17-19-12(9-25-17)10-26-18-21-15-13(7-8-24-15)16(23)22(18)2/h3-9H,10H2,1-2H3,(H,19,20). The van der Waals surface area contributed by atoms with Crippen molar-refractivity contribution in [3.8, 4) is 0 Å². The van der Waals surface area contributed by atoms with Crippen LogP contribution in [0.25, 0.3) is 10.2 Å². The molecular formula is C18H16N4OS3. The summed E-state index contributed by atoms with van der Waals surface area (Å²) in [6.07, 6.45) is 0. The Morgan fingerprint density at radius 3 is 2.88 bits per heavy atom. The van der Waals surface area contributed by atoms with Crippen LogP contribution in [0.4, 0.5) is 10.8 Å². The van der Waals surface area contributed by atoms with Crippen molar-refractivity contribution in [1.82, 2.24) is 14.5 Å². The van der Waals surface area contributed by atoms with Gasteiger partial charge in [-0.2, -0.15) is 0 Å². The van der Waals surface area contributed by atoms with E-state index in [0.29, 0.717) is 16.3 Å². The number of nitrogens with one attached hydrogen (secondary N) is 1. The van der Waals surface area contributed by atoms with E-state index in [1.165, 1.54) is 28.7 Å². The molecule has 0 aliphatic rings. The lowest BCUT2D eigenvalue weighted by Gasteiger charge is -2.06. The first-order valence-corrected chi connectivity index (χ1v) is 10.7. The van der Waals surface area contributed by atoms with Gasteiger partial charge in [-0.15, -0.1) is 22.7 Å². The van der Waals surface area contributed by atoms with Gasteiger partial charge in [-0.05, 0) is 30.0 Å². The number of aromatic nitrogens is 3. The van der Waals surface area contributed by atoms with E-state index >= 15 is 0 Å². The third kappa shape index (κ3) is 3.40. The summed E-state index contributed by atoms with van der Waals surface area (Å²) >= 11 is 4.60. The van der Waals surface area contributed by atoms with Gasteiger partial charge in [-0.3, -0.25) is 9.36 Å². The van der Waals surface area contributed by atoms with E-state index in [1.54, 1.807) is 23.0 Å². The van der Waals surface area contributed by atoms with Gasteiger partial charge in [0.25, 0.3) is 5.56 Å². The van der Waals surface area contributed by atoms with E-state index in [4.69, 9.17) is 0 Å². The van der Waals surface area contributed by atoms with Crippen molar-refractivity contribution in [3.63, 3.8) is 0 Å². The molecule has 0 amide bonds. The average molecular weight is 401 g/mol. The number of aryl methyl sites for hydroxylation is 1. The number of nitrogens with zero attached hydrogens (tertiary/aromatic N) is 3. The minimum atomic E-state index is -0.000985. The van der Waals surface area contributed by atoms with Gasteiger partial charge in [-0.25, -0.2) is 9.97 Å². The molecule has 3 aromatic heterocycles. The van der Waals surface area contributed by atoms with Crippen LogP contribution in [0.15, 0.2) is 51.0 Å². The van der Waals surface area contributed by atoms with Crippen molar-refractivity contribution >= 4 is 55.5 Å². The number of benzene rings is 1. The number of para-hydroxylation sites is 1. The third-order valence-electron chi connectivity index (χ3n) is 3.95. The van der Waals surface area contributed by atoms with E-state index in [-0.39, 0.29) is 5.56 Å². The van der Waals surface area contributed by atoms with Crippen LogP contribution in [0.5, 0.6) is 0 Å². The largest absolute Gasteiger partial charge is 0.331 e. The number of hydrogen-bond donors (Lipinski definition) is 1. The van der Waals surface area contributed by atoms with E-state index in [9.17, 15) is 4.79 Å². The zero-order chi connectivity index (χ0) is 18.1. The molecule has 3 heterocycles. The molecule has 1 aromatic carbocycles. The highest BCUT2D eigenvalue weighted by molar-refractivity contribution is 7.98. The van der Waals surface area contributed by atoms with Crippen LogP contribution in [0.2, 0.25) is 0 Å². The van der Waals surface area contributed by atoms with Gasteiger partial charge in [0.1, 0.15) is 4.83 Å². The van der Waals surface area contributed by atoms with E-state index < -0.39 is 0 Å². The van der Waals surface area contributed by atoms with Crippen molar-refractivity contribution in [2.75, 3.05) is 5.32 Å². The molecule has 0 saturated carbocycles. The summed E-state index contributed by atoms with van der Waals surface area (Å²) in [5.41, 5.74) is 3.21. The number of thiophene rings is 1. The molecule has 0 fully saturated rings. The number of thiazole rings is 1. The van der Waals surface area contributed by atoms with Crippen LogP contribution in [0, 0.1) is 6.92 Å². The molecular weight excluding hydrogens is 384 g/mol. The first-order valence-electron chi connectivity index (χ1n) is 7.96. The van der Waals surface area contributed by atoms with E-state index in [2.05, 4.69) is 28.3 Å². The number of rotatable bonds is 5. The fourth-order valence-electron chi connectivity index (χ4n) is 2.51. The van der Waals surface area contributed by atoms with Crippen LogP contribution in [0.1, 0.15) is 11.3 Å². The molecule has 0 aliphatic heterocycles. The summed E-state index contributed by atoms with van der Waals surface area (Å²) in [5, 5.41) is 9.56. The Morgan fingerprint density at radius 2 is 2.04 bits per heavy atom. The summed E-state index contributed by atoms with van der Waals surface area (Å²) in [5.74, 6) is 0.670. The maximum Gasteiger partial charge on any atom is 0.262 e. The summed E-state index contributed by atoms with van der Waals surface area (Å²) in [6.45, 7) is 2.07. The summed E-state index contributed by atoms with van der Waals surface area (Å²) in [4.78, 5) is 22.4. The Labute approximate surface area is 162 Å². The highest BCUT2D eigenvalue weighted by Crippen LogP contribution is 2.27. The van der Waals surface area contributed by atoms with Gasteiger partial charge in [0.2, 0.25) is 0 Å². The molecule has 0 saturated heterocycles. The Bertz CT molecular complexity index is 1130. The summed E-state index contributed by atoms with van der Waals surface area (Å²) in [7, 11) is 1.76. The third-order valence-corrected chi connectivity index (χ3v) is 6.63. The normalized spacial score (nSPS) is 11.2. The van der Waals surface area contributed by atoms with Crippen LogP contribution < -0.4 is 10.9 Å². The lowest BCUT2D eigenvalue weighted by Crippen LogP contribution is -2.19.